The molecule has 38 heavy (non-hydrogen) atoms. The first-order valence-electron chi connectivity index (χ1n) is 12.2. The van der Waals surface area contributed by atoms with Crippen LogP contribution in [0.25, 0.3) is 0 Å². The third kappa shape index (κ3) is 6.03. The Bertz CT molecular complexity index is 1410. The summed E-state index contributed by atoms with van der Waals surface area (Å²) in [5.41, 5.74) is 1.29. The molecular weight excluding hydrogens is 549 g/mol. The Balaban J connectivity index is 1.32. The Kier molecular flexibility index (Phi) is 7.76. The van der Waals surface area contributed by atoms with E-state index >= 15 is 0 Å². The number of benzene rings is 3. The quantitative estimate of drug-likeness (QED) is 0.338. The molecule has 0 amide bonds. The van der Waals surface area contributed by atoms with Crippen molar-refractivity contribution < 1.29 is 17.2 Å². The lowest BCUT2D eigenvalue weighted by Crippen LogP contribution is -2.60. The van der Waals surface area contributed by atoms with Gasteiger partial charge in [-0.25, -0.2) is 21.9 Å². The first-order valence-corrected chi connectivity index (χ1v) is 14.6. The molecule has 0 saturated carbocycles. The minimum Gasteiger partial charge on any atom is -0.289 e. The van der Waals surface area contributed by atoms with Gasteiger partial charge in [0.05, 0.1) is 11.8 Å². The Morgan fingerprint density at radius 3 is 1.95 bits per heavy atom. The fourth-order valence-electron chi connectivity index (χ4n) is 5.25. The summed E-state index contributed by atoms with van der Waals surface area (Å²) in [6.45, 7) is 0.985. The average molecular weight is 576 g/mol. The lowest BCUT2D eigenvalue weighted by atomic mass is 9.77. The summed E-state index contributed by atoms with van der Waals surface area (Å²) in [5.74, 6) is -1.80. The molecule has 1 aliphatic carbocycles. The summed E-state index contributed by atoms with van der Waals surface area (Å²) >= 11 is 12.2. The number of hydrogen-bond acceptors (Lipinski definition) is 3. The van der Waals surface area contributed by atoms with Crippen molar-refractivity contribution in [3.05, 3.63) is 129 Å². The lowest BCUT2D eigenvalue weighted by Gasteiger charge is -2.45. The number of allylic oxidation sites excluding steroid dienone is 4. The molecular formula is C29H26Cl2F2N2O2S. The van der Waals surface area contributed by atoms with Gasteiger partial charge >= 0.3 is 0 Å². The molecule has 1 N–H and O–H groups in total. The highest BCUT2D eigenvalue weighted by molar-refractivity contribution is 7.89. The zero-order chi connectivity index (χ0) is 26.9. The zero-order valence-electron chi connectivity index (χ0n) is 20.3. The van der Waals surface area contributed by atoms with Crippen LogP contribution in [0.4, 0.5) is 8.78 Å². The molecule has 1 fully saturated rings. The second-order valence-electron chi connectivity index (χ2n) is 9.84. The van der Waals surface area contributed by atoms with E-state index in [4.69, 9.17) is 23.2 Å². The second kappa shape index (κ2) is 10.9. The van der Waals surface area contributed by atoms with Crippen molar-refractivity contribution in [1.82, 2.24) is 9.62 Å². The van der Waals surface area contributed by atoms with E-state index in [0.717, 1.165) is 17.2 Å². The largest absolute Gasteiger partial charge is 0.289 e. The van der Waals surface area contributed by atoms with E-state index in [1.165, 1.54) is 12.1 Å². The molecule has 0 spiro atoms. The molecule has 2 aliphatic rings. The number of rotatable bonds is 8. The molecule has 0 bridgehead atoms. The number of nitrogens with one attached hydrogen (secondary N) is 1. The minimum atomic E-state index is -3.80. The standard InChI is InChI=1S/C29H26Cl2F2N2O2S/c30-23-8-4-20(5-9-23)28(21-6-10-24(31)11-7-21)35-17-27(18-35)34-38(36,37)19-29(12-2-1-3-13-29)22-14-25(32)16-26(33)15-22/h1-12,14-16,27-28,34H,13,17-19H2. The smallest absolute Gasteiger partial charge is 0.213 e. The number of sulfonamides is 1. The highest BCUT2D eigenvalue weighted by atomic mass is 35.5. The number of halogens is 4. The number of nitrogens with zero attached hydrogens (tertiary/aromatic N) is 1. The normalized spacial score (nSPS) is 20.1. The van der Waals surface area contributed by atoms with Crippen LogP contribution in [0.5, 0.6) is 0 Å². The summed E-state index contributed by atoms with van der Waals surface area (Å²) in [6.07, 6.45) is 7.36. The van der Waals surface area contributed by atoms with Gasteiger partial charge in [-0.05, 0) is 59.5 Å². The lowest BCUT2D eigenvalue weighted by molar-refractivity contribution is 0.105. The van der Waals surface area contributed by atoms with E-state index in [1.807, 2.05) is 54.6 Å². The third-order valence-electron chi connectivity index (χ3n) is 7.02. The average Bonchev–Trinajstić information content (AvgIpc) is 2.84. The number of likely N-dealkylation sites (tertiary alicyclic amines) is 1. The minimum absolute atomic E-state index is 0.0988. The molecule has 1 atom stereocenters. The predicted octanol–water partition coefficient (Wildman–Crippen LogP) is 6.42. The van der Waals surface area contributed by atoms with Crippen LogP contribution < -0.4 is 4.72 Å². The first kappa shape index (κ1) is 27.0. The van der Waals surface area contributed by atoms with E-state index in [1.54, 1.807) is 18.2 Å². The van der Waals surface area contributed by atoms with Crippen molar-refractivity contribution in [2.24, 2.45) is 0 Å². The molecule has 0 aromatic heterocycles. The van der Waals surface area contributed by atoms with Crippen molar-refractivity contribution in [3.8, 4) is 0 Å². The Hall–Kier alpha value is -2.55. The molecule has 4 nitrogen and oxygen atoms in total. The van der Waals surface area contributed by atoms with Gasteiger partial charge in [0.25, 0.3) is 0 Å². The van der Waals surface area contributed by atoms with Crippen molar-refractivity contribution in [2.45, 2.75) is 23.9 Å². The van der Waals surface area contributed by atoms with Crippen LogP contribution in [0.1, 0.15) is 29.2 Å². The molecule has 198 valence electrons. The van der Waals surface area contributed by atoms with Crippen LogP contribution in [-0.4, -0.2) is 38.2 Å². The highest BCUT2D eigenvalue weighted by Crippen LogP contribution is 2.37. The molecule has 3 aromatic carbocycles. The summed E-state index contributed by atoms with van der Waals surface area (Å²) in [4.78, 5) is 2.18. The summed E-state index contributed by atoms with van der Waals surface area (Å²) in [6, 6.07) is 18.0. The summed E-state index contributed by atoms with van der Waals surface area (Å²) in [5, 5.41) is 1.27. The Labute approximate surface area is 231 Å². The predicted molar refractivity (Wildman–Crippen MR) is 148 cm³/mol. The van der Waals surface area contributed by atoms with Crippen molar-refractivity contribution in [3.63, 3.8) is 0 Å². The number of hydrogen-bond donors (Lipinski definition) is 1. The van der Waals surface area contributed by atoms with E-state index in [9.17, 15) is 17.2 Å². The molecule has 1 heterocycles. The van der Waals surface area contributed by atoms with Gasteiger partial charge in [-0.1, -0.05) is 71.8 Å². The van der Waals surface area contributed by atoms with E-state index in [2.05, 4.69) is 9.62 Å². The van der Waals surface area contributed by atoms with Crippen LogP contribution in [0, 0.1) is 11.6 Å². The van der Waals surface area contributed by atoms with Gasteiger partial charge < -0.3 is 0 Å². The Morgan fingerprint density at radius 1 is 0.895 bits per heavy atom. The van der Waals surface area contributed by atoms with E-state index in [0.29, 0.717) is 35.1 Å². The SMILES string of the molecule is O=S(=O)(CC1(c2cc(F)cc(F)c2)C=CC=CC1)NC1CN(C(c2ccc(Cl)cc2)c2ccc(Cl)cc2)C1. The van der Waals surface area contributed by atoms with Crippen molar-refractivity contribution in [1.29, 1.82) is 0 Å². The maximum atomic E-state index is 14.0. The maximum Gasteiger partial charge on any atom is 0.213 e. The van der Waals surface area contributed by atoms with Gasteiger partial charge in [0.2, 0.25) is 10.0 Å². The molecule has 0 radical (unpaired) electrons. The van der Waals surface area contributed by atoms with Crippen LogP contribution in [0.3, 0.4) is 0 Å². The topological polar surface area (TPSA) is 49.4 Å². The van der Waals surface area contributed by atoms with Crippen molar-refractivity contribution in [2.75, 3.05) is 18.8 Å². The monoisotopic (exact) mass is 574 g/mol. The molecule has 3 aromatic rings. The van der Waals surface area contributed by atoms with Gasteiger partial charge in [0.15, 0.2) is 0 Å². The highest BCUT2D eigenvalue weighted by Gasteiger charge is 2.40. The van der Waals surface area contributed by atoms with Crippen LogP contribution in [0.15, 0.2) is 91.0 Å². The van der Waals surface area contributed by atoms with Gasteiger partial charge in [-0.3, -0.25) is 4.90 Å². The Morgan fingerprint density at radius 2 is 1.45 bits per heavy atom. The van der Waals surface area contributed by atoms with Crippen LogP contribution in [0.2, 0.25) is 10.0 Å². The maximum absolute atomic E-state index is 14.0. The second-order valence-corrected chi connectivity index (χ2v) is 12.5. The summed E-state index contributed by atoms with van der Waals surface area (Å²) < 4.78 is 57.6. The van der Waals surface area contributed by atoms with Crippen molar-refractivity contribution >= 4 is 33.2 Å². The molecule has 9 heteroatoms. The molecule has 5 rings (SSSR count). The van der Waals surface area contributed by atoms with E-state index < -0.39 is 27.1 Å². The molecule has 1 saturated heterocycles. The van der Waals surface area contributed by atoms with E-state index in [-0.39, 0.29) is 17.8 Å². The van der Waals surface area contributed by atoms with Gasteiger partial charge in [0.1, 0.15) is 11.6 Å². The third-order valence-corrected chi connectivity index (χ3v) is 9.11. The molecule has 1 aliphatic heterocycles. The van der Waals surface area contributed by atoms with Gasteiger partial charge in [-0.2, -0.15) is 0 Å². The van der Waals surface area contributed by atoms with Gasteiger partial charge in [0, 0.05) is 40.7 Å². The fraction of sp³-hybridized carbons (Fsp3) is 0.241. The zero-order valence-corrected chi connectivity index (χ0v) is 22.7. The van der Waals surface area contributed by atoms with Crippen LogP contribution in [-0.2, 0) is 15.4 Å². The fourth-order valence-corrected chi connectivity index (χ4v) is 7.30. The first-order chi connectivity index (χ1) is 18.1. The summed E-state index contributed by atoms with van der Waals surface area (Å²) in [7, 11) is -3.80. The van der Waals surface area contributed by atoms with Gasteiger partial charge in [-0.15, -0.1) is 0 Å². The van der Waals surface area contributed by atoms with Crippen LogP contribution >= 0.6 is 23.2 Å². The molecule has 1 unspecified atom stereocenters.